The van der Waals surface area contributed by atoms with Gasteiger partial charge in [-0.05, 0) is 44.1 Å². The second kappa shape index (κ2) is 13.1. The molecule has 1 spiro atoms. The zero-order chi connectivity index (χ0) is 36.1. The lowest BCUT2D eigenvalue weighted by molar-refractivity contribution is -0.180. The van der Waals surface area contributed by atoms with E-state index in [2.05, 4.69) is 4.90 Å². The summed E-state index contributed by atoms with van der Waals surface area (Å²) in [5.41, 5.74) is 0.0238. The molecule has 3 aromatic rings. The molecule has 13 heteroatoms. The average Bonchev–Trinajstić information content (AvgIpc) is 3.49. The number of carbonyl (C=O) groups is 4. The van der Waals surface area contributed by atoms with Crippen molar-refractivity contribution in [3.63, 3.8) is 0 Å². The fraction of sp³-hybridized carbons (Fsp3) is 0.368. The molecule has 0 aromatic heterocycles. The zero-order valence-electron chi connectivity index (χ0n) is 27.9. The fourth-order valence-corrected chi connectivity index (χ4v) is 8.14. The van der Waals surface area contributed by atoms with E-state index in [1.165, 1.54) is 31.4 Å². The van der Waals surface area contributed by atoms with Crippen LogP contribution in [0.15, 0.2) is 84.6 Å². The Morgan fingerprint density at radius 2 is 1.61 bits per heavy atom. The summed E-state index contributed by atoms with van der Waals surface area (Å²) in [6.45, 7) is 0.655. The van der Waals surface area contributed by atoms with Gasteiger partial charge in [0.05, 0.1) is 24.5 Å². The Labute approximate surface area is 292 Å². The van der Waals surface area contributed by atoms with Crippen molar-refractivity contribution in [3.8, 4) is 11.5 Å². The molecule has 0 saturated carbocycles. The number of aliphatic hydroxyl groups excluding tert-OH is 1. The Hall–Kier alpha value is -5.24. The first-order valence-electron chi connectivity index (χ1n) is 16.6. The molecule has 0 radical (unpaired) electrons. The molecule has 0 amide bonds. The minimum atomic E-state index is -2.01. The Morgan fingerprint density at radius 3 is 2.25 bits per heavy atom. The third kappa shape index (κ3) is 5.61. The first kappa shape index (κ1) is 34.2. The van der Waals surface area contributed by atoms with Crippen LogP contribution in [0, 0.1) is 0 Å². The third-order valence-corrected chi connectivity index (χ3v) is 10.5. The van der Waals surface area contributed by atoms with Crippen molar-refractivity contribution in [2.45, 2.75) is 67.2 Å². The van der Waals surface area contributed by atoms with E-state index in [0.29, 0.717) is 30.9 Å². The number of nitrogens with zero attached hydrogens (tertiary/aromatic N) is 1. The van der Waals surface area contributed by atoms with E-state index in [-0.39, 0.29) is 29.3 Å². The van der Waals surface area contributed by atoms with Crippen molar-refractivity contribution in [1.82, 2.24) is 4.90 Å². The zero-order valence-corrected chi connectivity index (χ0v) is 27.9. The van der Waals surface area contributed by atoms with Gasteiger partial charge in [-0.3, -0.25) is 4.79 Å². The number of carbonyl (C=O) groups excluding carboxylic acids is 3. The molecule has 1 fully saturated rings. The summed E-state index contributed by atoms with van der Waals surface area (Å²) < 4.78 is 28.5. The Kier molecular flexibility index (Phi) is 8.82. The van der Waals surface area contributed by atoms with Gasteiger partial charge in [-0.15, -0.1) is 0 Å². The number of methoxy groups -OCH3 is 1. The highest BCUT2D eigenvalue weighted by molar-refractivity contribution is 5.86. The summed E-state index contributed by atoms with van der Waals surface area (Å²) in [4.78, 5) is 53.9. The number of aliphatic carboxylic acids is 1. The number of rotatable bonds is 11. The van der Waals surface area contributed by atoms with Gasteiger partial charge >= 0.3 is 23.9 Å². The van der Waals surface area contributed by atoms with Gasteiger partial charge in [-0.25, -0.2) is 14.4 Å². The normalized spacial score (nSPS) is 25.9. The van der Waals surface area contributed by atoms with Gasteiger partial charge in [0.15, 0.2) is 23.7 Å². The number of hydrogen-bond donors (Lipinski definition) is 3. The van der Waals surface area contributed by atoms with Gasteiger partial charge in [0.25, 0.3) is 0 Å². The van der Waals surface area contributed by atoms with Crippen molar-refractivity contribution in [2.24, 2.45) is 0 Å². The number of likely N-dealkylation sites (tertiary alicyclic amines) is 1. The van der Waals surface area contributed by atoms with Crippen molar-refractivity contribution < 1.29 is 58.2 Å². The van der Waals surface area contributed by atoms with Crippen molar-refractivity contribution in [3.05, 3.63) is 107 Å². The molecule has 2 bridgehead atoms. The molecular weight excluding hydrogens is 662 g/mol. The molecule has 2 aliphatic carbocycles. The Bertz CT molecular complexity index is 1900. The monoisotopic (exact) mass is 699 g/mol. The van der Waals surface area contributed by atoms with Crippen LogP contribution in [-0.4, -0.2) is 88.6 Å². The lowest BCUT2D eigenvalue weighted by Crippen LogP contribution is -2.74. The average molecular weight is 700 g/mol. The van der Waals surface area contributed by atoms with Gasteiger partial charge in [-0.1, -0.05) is 66.7 Å². The molecule has 7 atom stereocenters. The first-order chi connectivity index (χ1) is 24.5. The molecule has 13 nitrogen and oxygen atoms in total. The lowest BCUT2D eigenvalue weighted by Gasteiger charge is -2.61. The lowest BCUT2D eigenvalue weighted by atomic mass is 9.50. The maximum absolute atomic E-state index is 13.3. The quantitative estimate of drug-likeness (QED) is 0.197. The van der Waals surface area contributed by atoms with E-state index in [1.807, 2.05) is 19.2 Å². The standard InChI is InChI=1S/C38H37NO12/c1-39-18-17-37-29-23-13-14-25(47-2)32(29)50-33(37)26(15-16-38(37,46)27(39)19-23)48-35(44)24(40)20-28(41)49-31(22-11-7-4-8-12-22)36(45)51-30(34(42)43)21-9-5-3-6-10-21/h3-15,24,27,30-31,33,40,46H,16-20H2,1-2H3,(H,42,43)/t24-,27-,30-,31-,33+,37+,38-/m0/s1. The van der Waals surface area contributed by atoms with Crippen LogP contribution in [0.3, 0.4) is 0 Å². The van der Waals surface area contributed by atoms with Crippen molar-refractivity contribution >= 4 is 23.9 Å². The molecular formula is C38H37NO12. The number of ether oxygens (including phenoxy) is 5. The second-order valence-electron chi connectivity index (χ2n) is 13.3. The number of piperidine rings is 1. The number of likely N-dealkylation sites (N-methyl/N-ethyl adjacent to an activating group) is 1. The minimum absolute atomic E-state index is 0.0952. The van der Waals surface area contributed by atoms with E-state index in [1.54, 1.807) is 42.5 Å². The molecule has 3 aromatic carbocycles. The third-order valence-electron chi connectivity index (χ3n) is 10.5. The van der Waals surface area contributed by atoms with Crippen LogP contribution in [-0.2, 0) is 45.2 Å². The molecule has 266 valence electrons. The predicted octanol–water partition coefficient (Wildman–Crippen LogP) is 2.92. The van der Waals surface area contributed by atoms with Gasteiger partial charge in [0, 0.05) is 29.2 Å². The molecule has 2 heterocycles. The largest absolute Gasteiger partial charge is 0.493 e. The summed E-state index contributed by atoms with van der Waals surface area (Å²) in [7, 11) is 3.50. The molecule has 51 heavy (non-hydrogen) atoms. The van der Waals surface area contributed by atoms with Crippen LogP contribution in [0.4, 0.5) is 0 Å². The SMILES string of the molecule is COc1ccc2c3c1O[C@@H]1C(OC(=O)[C@@H](O)CC(=O)O[C@H](C(=O)O[C@H](C(=O)O)c4ccccc4)c4ccccc4)=CC[C@]4(O)[C@H](C2)N(C)CC[C@@]314. The summed E-state index contributed by atoms with van der Waals surface area (Å²) in [5.74, 6) is -3.86. The Balaban J connectivity index is 1.08. The smallest absolute Gasteiger partial charge is 0.353 e. The first-order valence-corrected chi connectivity index (χ1v) is 16.6. The van der Waals surface area contributed by atoms with Crippen LogP contribution in [0.2, 0.25) is 0 Å². The molecule has 7 rings (SSSR count). The molecule has 3 N–H and O–H groups in total. The second-order valence-corrected chi connectivity index (χ2v) is 13.3. The van der Waals surface area contributed by atoms with Crippen LogP contribution in [0.5, 0.6) is 11.5 Å². The van der Waals surface area contributed by atoms with Crippen LogP contribution in [0.1, 0.15) is 53.7 Å². The van der Waals surface area contributed by atoms with E-state index in [4.69, 9.17) is 23.7 Å². The van der Waals surface area contributed by atoms with E-state index in [0.717, 1.165) is 11.1 Å². The number of benzene rings is 3. The topological polar surface area (TPSA) is 178 Å². The fourth-order valence-electron chi connectivity index (χ4n) is 8.14. The summed E-state index contributed by atoms with van der Waals surface area (Å²) in [6, 6.07) is 19.2. The molecule has 0 unspecified atom stereocenters. The van der Waals surface area contributed by atoms with Gasteiger partial charge in [-0.2, -0.15) is 0 Å². The number of esters is 3. The number of aliphatic hydroxyl groups is 2. The molecule has 1 saturated heterocycles. The highest BCUT2D eigenvalue weighted by Gasteiger charge is 2.72. The summed E-state index contributed by atoms with van der Waals surface area (Å²) >= 11 is 0. The van der Waals surface area contributed by atoms with Gasteiger partial charge < -0.3 is 43.9 Å². The van der Waals surface area contributed by atoms with Crippen LogP contribution < -0.4 is 9.47 Å². The summed E-state index contributed by atoms with van der Waals surface area (Å²) in [5, 5.41) is 33.0. The van der Waals surface area contributed by atoms with Crippen LogP contribution in [0.25, 0.3) is 0 Å². The van der Waals surface area contributed by atoms with E-state index in [9.17, 15) is 34.5 Å². The molecule has 4 aliphatic rings. The minimum Gasteiger partial charge on any atom is -0.493 e. The molecule has 2 aliphatic heterocycles. The van der Waals surface area contributed by atoms with Crippen LogP contribution >= 0.6 is 0 Å². The summed E-state index contributed by atoms with van der Waals surface area (Å²) in [6.07, 6.45) is -4.36. The highest BCUT2D eigenvalue weighted by Crippen LogP contribution is 2.65. The van der Waals surface area contributed by atoms with Crippen molar-refractivity contribution in [2.75, 3.05) is 20.7 Å². The number of carboxylic acids is 1. The van der Waals surface area contributed by atoms with Gasteiger partial charge in [0.1, 0.15) is 5.76 Å². The number of hydrogen-bond acceptors (Lipinski definition) is 12. The number of carboxylic acid groups (broad SMARTS) is 1. The predicted molar refractivity (Wildman–Crippen MR) is 176 cm³/mol. The highest BCUT2D eigenvalue weighted by atomic mass is 16.6. The van der Waals surface area contributed by atoms with Crippen molar-refractivity contribution in [1.29, 1.82) is 0 Å². The Morgan fingerprint density at radius 1 is 0.941 bits per heavy atom. The van der Waals surface area contributed by atoms with E-state index >= 15 is 0 Å². The maximum atomic E-state index is 13.3. The van der Waals surface area contributed by atoms with Gasteiger partial charge in [0.2, 0.25) is 12.2 Å². The maximum Gasteiger partial charge on any atom is 0.353 e. The van der Waals surface area contributed by atoms with E-state index < -0.39 is 65.7 Å².